The van der Waals surface area contributed by atoms with Crippen LogP contribution in [-0.2, 0) is 4.79 Å². The molecular weight excluding hydrogens is 370 g/mol. The van der Waals surface area contributed by atoms with Gasteiger partial charge in [-0.05, 0) is 72.2 Å². The summed E-state index contributed by atoms with van der Waals surface area (Å²) in [6.07, 6.45) is 0. The van der Waals surface area contributed by atoms with Crippen LogP contribution in [0.5, 0.6) is 0 Å². The lowest BCUT2D eigenvalue weighted by Gasteiger charge is -2.08. The van der Waals surface area contributed by atoms with Gasteiger partial charge in [-0.3, -0.25) is 4.79 Å². The van der Waals surface area contributed by atoms with Gasteiger partial charge in [-0.2, -0.15) is 4.68 Å². The SMILES string of the molecule is Cc1ccc(-n2nnnc2SCC(=O)Nc2ccc(C)c(Cl)c2)cc1C. The lowest BCUT2D eigenvalue weighted by molar-refractivity contribution is -0.113. The van der Waals surface area contributed by atoms with Gasteiger partial charge in [-0.25, -0.2) is 0 Å². The lowest BCUT2D eigenvalue weighted by Crippen LogP contribution is -2.14. The second kappa shape index (κ2) is 7.88. The minimum atomic E-state index is -0.149. The highest BCUT2D eigenvalue weighted by atomic mass is 35.5. The van der Waals surface area contributed by atoms with E-state index in [-0.39, 0.29) is 11.7 Å². The largest absolute Gasteiger partial charge is 0.325 e. The van der Waals surface area contributed by atoms with Gasteiger partial charge in [0.05, 0.1) is 11.4 Å². The smallest absolute Gasteiger partial charge is 0.234 e. The summed E-state index contributed by atoms with van der Waals surface area (Å²) in [6.45, 7) is 6.00. The van der Waals surface area contributed by atoms with Crippen LogP contribution in [0, 0.1) is 20.8 Å². The zero-order chi connectivity index (χ0) is 18.7. The van der Waals surface area contributed by atoms with Crippen molar-refractivity contribution in [3.05, 3.63) is 58.1 Å². The molecule has 1 aromatic heterocycles. The number of anilines is 1. The molecule has 1 N–H and O–H groups in total. The first-order chi connectivity index (χ1) is 12.4. The number of nitrogens with zero attached hydrogens (tertiary/aromatic N) is 4. The van der Waals surface area contributed by atoms with Crippen molar-refractivity contribution in [2.24, 2.45) is 0 Å². The average Bonchev–Trinajstić information content (AvgIpc) is 3.07. The molecule has 0 saturated heterocycles. The van der Waals surface area contributed by atoms with Crippen LogP contribution in [0.4, 0.5) is 5.69 Å². The van der Waals surface area contributed by atoms with Gasteiger partial charge in [0.2, 0.25) is 11.1 Å². The third kappa shape index (κ3) is 4.23. The van der Waals surface area contributed by atoms with Gasteiger partial charge < -0.3 is 5.32 Å². The average molecular weight is 388 g/mol. The van der Waals surface area contributed by atoms with Crippen molar-refractivity contribution >= 4 is 35.0 Å². The number of hydrogen-bond acceptors (Lipinski definition) is 5. The zero-order valence-electron chi connectivity index (χ0n) is 14.7. The Bertz CT molecular complexity index is 957. The van der Waals surface area contributed by atoms with E-state index in [9.17, 15) is 4.79 Å². The molecule has 0 fully saturated rings. The van der Waals surface area contributed by atoms with Crippen molar-refractivity contribution in [1.29, 1.82) is 0 Å². The highest BCUT2D eigenvalue weighted by Crippen LogP contribution is 2.22. The van der Waals surface area contributed by atoms with Gasteiger partial charge in [0.15, 0.2) is 0 Å². The minimum Gasteiger partial charge on any atom is -0.325 e. The van der Waals surface area contributed by atoms with Gasteiger partial charge in [-0.15, -0.1) is 5.10 Å². The Morgan fingerprint density at radius 2 is 1.88 bits per heavy atom. The molecule has 3 rings (SSSR count). The Balaban J connectivity index is 1.66. The summed E-state index contributed by atoms with van der Waals surface area (Å²) >= 11 is 7.36. The number of thioether (sulfide) groups is 1. The first-order valence-electron chi connectivity index (χ1n) is 7.99. The van der Waals surface area contributed by atoms with E-state index in [4.69, 9.17) is 11.6 Å². The molecule has 0 unspecified atom stereocenters. The summed E-state index contributed by atoms with van der Waals surface area (Å²) in [7, 11) is 0. The van der Waals surface area contributed by atoms with E-state index >= 15 is 0 Å². The first-order valence-corrected chi connectivity index (χ1v) is 9.35. The van der Waals surface area contributed by atoms with E-state index in [1.807, 2.05) is 44.2 Å². The molecule has 0 atom stereocenters. The molecule has 1 heterocycles. The number of amides is 1. The molecule has 2 aromatic carbocycles. The molecule has 0 spiro atoms. The maximum Gasteiger partial charge on any atom is 0.234 e. The van der Waals surface area contributed by atoms with Gasteiger partial charge in [-0.1, -0.05) is 35.5 Å². The normalized spacial score (nSPS) is 10.8. The molecule has 0 bridgehead atoms. The fourth-order valence-corrected chi connectivity index (χ4v) is 3.16. The van der Waals surface area contributed by atoms with Crippen LogP contribution >= 0.6 is 23.4 Å². The number of aromatic nitrogens is 4. The Morgan fingerprint density at radius 3 is 2.62 bits per heavy atom. The number of halogens is 1. The molecule has 8 heteroatoms. The number of hydrogen-bond donors (Lipinski definition) is 1. The Hall–Kier alpha value is -2.38. The monoisotopic (exact) mass is 387 g/mol. The highest BCUT2D eigenvalue weighted by Gasteiger charge is 2.12. The summed E-state index contributed by atoms with van der Waals surface area (Å²) < 4.78 is 1.63. The standard InChI is InChI=1S/C18H18ClN5OS/c1-11-5-7-15(8-13(11)3)24-18(21-22-23-24)26-10-17(25)20-14-6-4-12(2)16(19)9-14/h4-9H,10H2,1-3H3,(H,20,25). The molecule has 0 aliphatic heterocycles. The van der Waals surface area contributed by atoms with Gasteiger partial charge in [0, 0.05) is 10.7 Å². The van der Waals surface area contributed by atoms with Gasteiger partial charge >= 0.3 is 0 Å². The number of carbonyl (C=O) groups is 1. The number of nitrogens with one attached hydrogen (secondary N) is 1. The van der Waals surface area contributed by atoms with Crippen LogP contribution in [0.3, 0.4) is 0 Å². The minimum absolute atomic E-state index is 0.149. The molecule has 0 aliphatic rings. The van der Waals surface area contributed by atoms with Gasteiger partial charge in [0.1, 0.15) is 0 Å². The number of carbonyl (C=O) groups excluding carboxylic acids is 1. The maximum absolute atomic E-state index is 12.2. The van der Waals surface area contributed by atoms with Crippen molar-refractivity contribution in [3.8, 4) is 5.69 Å². The van der Waals surface area contributed by atoms with E-state index in [1.165, 1.54) is 17.3 Å². The highest BCUT2D eigenvalue weighted by molar-refractivity contribution is 7.99. The summed E-state index contributed by atoms with van der Waals surface area (Å²) in [4.78, 5) is 12.2. The Labute approximate surface area is 160 Å². The van der Waals surface area contributed by atoms with Crippen LogP contribution < -0.4 is 5.32 Å². The van der Waals surface area contributed by atoms with E-state index in [1.54, 1.807) is 10.7 Å². The third-order valence-corrected chi connectivity index (χ3v) is 5.29. The Morgan fingerprint density at radius 1 is 1.12 bits per heavy atom. The summed E-state index contributed by atoms with van der Waals surface area (Å²) in [5.74, 6) is 0.0426. The quantitative estimate of drug-likeness (QED) is 0.670. The molecule has 26 heavy (non-hydrogen) atoms. The van der Waals surface area contributed by atoms with Crippen LogP contribution in [0.15, 0.2) is 41.6 Å². The van der Waals surface area contributed by atoms with E-state index in [0.29, 0.717) is 15.9 Å². The molecule has 3 aromatic rings. The van der Waals surface area contributed by atoms with Crippen LogP contribution in [0.25, 0.3) is 5.69 Å². The van der Waals surface area contributed by atoms with Gasteiger partial charge in [0.25, 0.3) is 0 Å². The molecule has 6 nitrogen and oxygen atoms in total. The van der Waals surface area contributed by atoms with E-state index < -0.39 is 0 Å². The van der Waals surface area contributed by atoms with E-state index in [2.05, 4.69) is 27.8 Å². The fraction of sp³-hybridized carbons (Fsp3) is 0.222. The summed E-state index contributed by atoms with van der Waals surface area (Å²) in [6, 6.07) is 11.4. The molecule has 0 saturated carbocycles. The molecular formula is C18H18ClN5OS. The number of tetrazole rings is 1. The molecule has 134 valence electrons. The zero-order valence-corrected chi connectivity index (χ0v) is 16.2. The predicted octanol–water partition coefficient (Wildman–Crippen LogP) is 3.97. The molecule has 0 radical (unpaired) electrons. The summed E-state index contributed by atoms with van der Waals surface area (Å²) in [5, 5.41) is 15.8. The predicted molar refractivity (Wildman–Crippen MR) is 104 cm³/mol. The number of aryl methyl sites for hydroxylation is 3. The second-order valence-corrected chi connectivity index (χ2v) is 7.29. The van der Waals surface area contributed by atoms with Crippen molar-refractivity contribution in [2.75, 3.05) is 11.1 Å². The number of benzene rings is 2. The van der Waals surface area contributed by atoms with Crippen molar-refractivity contribution in [2.45, 2.75) is 25.9 Å². The van der Waals surface area contributed by atoms with Crippen molar-refractivity contribution in [1.82, 2.24) is 20.2 Å². The maximum atomic E-state index is 12.2. The third-order valence-electron chi connectivity index (χ3n) is 3.96. The van der Waals surface area contributed by atoms with Crippen molar-refractivity contribution in [3.63, 3.8) is 0 Å². The summed E-state index contributed by atoms with van der Waals surface area (Å²) in [5.41, 5.74) is 4.85. The van der Waals surface area contributed by atoms with Crippen LogP contribution in [0.1, 0.15) is 16.7 Å². The van der Waals surface area contributed by atoms with Crippen LogP contribution in [0.2, 0.25) is 5.02 Å². The van der Waals surface area contributed by atoms with E-state index in [0.717, 1.165) is 16.8 Å². The second-order valence-electron chi connectivity index (χ2n) is 5.94. The lowest BCUT2D eigenvalue weighted by atomic mass is 10.1. The van der Waals surface area contributed by atoms with Crippen molar-refractivity contribution < 1.29 is 4.79 Å². The fourth-order valence-electron chi connectivity index (χ4n) is 2.29. The molecule has 1 amide bonds. The number of rotatable bonds is 5. The Kier molecular flexibility index (Phi) is 5.58. The first kappa shape index (κ1) is 18.4. The topological polar surface area (TPSA) is 72.7 Å². The van der Waals surface area contributed by atoms with Crippen LogP contribution in [-0.4, -0.2) is 31.9 Å². The molecule has 0 aliphatic carbocycles.